The minimum absolute atomic E-state index is 0.186. The van der Waals surface area contributed by atoms with E-state index in [2.05, 4.69) is 19.5 Å². The normalized spacial score (nSPS) is 30.6. The highest BCUT2D eigenvalue weighted by atomic mass is 31.2. The summed E-state index contributed by atoms with van der Waals surface area (Å²) in [6.45, 7) is -0.398. The number of nitrogens with two attached hydrogens (primary N) is 1. The third-order valence-corrected chi connectivity index (χ3v) is 6.23. The number of nitrogens with zero attached hydrogens (tertiary/aromatic N) is 4. The number of anilines is 1. The van der Waals surface area contributed by atoms with Crippen LogP contribution in [0.25, 0.3) is 11.2 Å². The summed E-state index contributed by atoms with van der Waals surface area (Å²) in [5.74, 6) is -0.606. The third-order valence-electron chi connectivity index (χ3n) is 5.20. The highest BCUT2D eigenvalue weighted by molar-refractivity contribution is 7.46. The van der Waals surface area contributed by atoms with E-state index in [1.54, 1.807) is 4.57 Å². The van der Waals surface area contributed by atoms with E-state index in [0.29, 0.717) is 17.6 Å². The summed E-state index contributed by atoms with van der Waals surface area (Å²) in [5, 5.41) is 0. The Morgan fingerprint density at radius 3 is 2.59 bits per heavy atom. The molecule has 4 rings (SSSR count). The molecule has 0 amide bonds. The third kappa shape index (κ3) is 3.41. The fourth-order valence-corrected chi connectivity index (χ4v) is 5.07. The fourth-order valence-electron chi connectivity index (χ4n) is 4.12. The van der Waals surface area contributed by atoms with E-state index >= 15 is 0 Å². The number of hydrogen-bond acceptors (Lipinski definition) is 8. The number of hydrogen-bond donors (Lipinski definition) is 5. The van der Waals surface area contributed by atoms with Crippen molar-refractivity contribution in [2.24, 2.45) is 11.8 Å². The van der Waals surface area contributed by atoms with E-state index in [1.807, 2.05) is 0 Å². The summed E-state index contributed by atoms with van der Waals surface area (Å²) in [6.07, 6.45) is 2.66. The average molecular weight is 421 g/mol. The van der Waals surface area contributed by atoms with Gasteiger partial charge in [0.2, 0.25) is 0 Å². The van der Waals surface area contributed by atoms with E-state index in [9.17, 15) is 18.9 Å². The smallest absolute Gasteiger partial charge is 0.382 e. The van der Waals surface area contributed by atoms with E-state index in [1.165, 1.54) is 12.7 Å². The van der Waals surface area contributed by atoms with Gasteiger partial charge in [0.1, 0.15) is 11.8 Å². The standard InChI is InChI=1S/C12H17N5O8P2/c13-10-9-11(15-4-14-10)17(5-16-9)12-1-7(12)6(3-24-26(18,19)20)8(2-12)25-27(21,22)23/h4-8H,1-3H2,(H2,13,14,15)(H2,18,19,20)(H2,21,22,23)/t6-,7-,8-,12-/m0/s1. The zero-order valence-corrected chi connectivity index (χ0v) is 15.5. The second-order valence-electron chi connectivity index (χ2n) is 6.75. The maximum absolute atomic E-state index is 11.3. The monoisotopic (exact) mass is 421 g/mol. The molecular formula is C12H17N5O8P2. The first-order valence-corrected chi connectivity index (χ1v) is 10.9. The van der Waals surface area contributed by atoms with Gasteiger partial charge in [-0.2, -0.15) is 0 Å². The molecule has 2 fully saturated rings. The van der Waals surface area contributed by atoms with Crippen molar-refractivity contribution in [1.29, 1.82) is 0 Å². The molecule has 2 aromatic rings. The molecule has 4 atom stereocenters. The van der Waals surface area contributed by atoms with Gasteiger partial charge in [-0.15, -0.1) is 0 Å². The van der Waals surface area contributed by atoms with E-state index in [-0.39, 0.29) is 18.2 Å². The van der Waals surface area contributed by atoms with Gasteiger partial charge in [0, 0.05) is 5.92 Å². The second kappa shape index (κ2) is 6.03. The minimum atomic E-state index is -4.81. The summed E-state index contributed by atoms with van der Waals surface area (Å²) in [5.41, 5.74) is 6.07. The first-order chi connectivity index (χ1) is 12.5. The van der Waals surface area contributed by atoms with Gasteiger partial charge >= 0.3 is 15.6 Å². The van der Waals surface area contributed by atoms with Crippen molar-refractivity contribution in [2.45, 2.75) is 24.5 Å². The van der Waals surface area contributed by atoms with Gasteiger partial charge < -0.3 is 29.9 Å². The van der Waals surface area contributed by atoms with Gasteiger partial charge in [0.15, 0.2) is 11.5 Å². The molecule has 0 saturated heterocycles. The molecule has 0 aromatic carbocycles. The quantitative estimate of drug-likeness (QED) is 0.383. The number of imidazole rings is 1. The lowest BCUT2D eigenvalue weighted by Gasteiger charge is -2.23. The van der Waals surface area contributed by atoms with Crippen molar-refractivity contribution in [2.75, 3.05) is 12.3 Å². The molecule has 2 aliphatic carbocycles. The van der Waals surface area contributed by atoms with Crippen LogP contribution in [0.3, 0.4) is 0 Å². The molecule has 6 N–H and O–H groups in total. The Balaban J connectivity index is 1.67. The Hall–Kier alpha value is -1.43. The number of rotatable bonds is 6. The van der Waals surface area contributed by atoms with Crippen LogP contribution >= 0.6 is 15.6 Å². The highest BCUT2D eigenvalue weighted by Gasteiger charge is 2.68. The molecule has 0 radical (unpaired) electrons. The van der Waals surface area contributed by atoms with Gasteiger partial charge in [-0.3, -0.25) is 9.05 Å². The summed E-state index contributed by atoms with van der Waals surface area (Å²) in [4.78, 5) is 48.6. The van der Waals surface area contributed by atoms with Crippen molar-refractivity contribution >= 4 is 32.6 Å². The topological polar surface area (TPSA) is 203 Å². The highest BCUT2D eigenvalue weighted by Crippen LogP contribution is 2.67. The van der Waals surface area contributed by atoms with E-state index < -0.39 is 39.8 Å². The van der Waals surface area contributed by atoms with Crippen LogP contribution in [-0.4, -0.2) is 51.8 Å². The molecule has 13 nitrogen and oxygen atoms in total. The number of fused-ring (bicyclic) bond motifs is 2. The Kier molecular flexibility index (Phi) is 4.22. The van der Waals surface area contributed by atoms with E-state index in [0.717, 1.165) is 0 Å². The molecular weight excluding hydrogens is 404 g/mol. The van der Waals surface area contributed by atoms with Crippen molar-refractivity contribution in [3.05, 3.63) is 12.7 Å². The fraction of sp³-hybridized carbons (Fsp3) is 0.583. The van der Waals surface area contributed by atoms with Crippen LogP contribution in [0.2, 0.25) is 0 Å². The molecule has 0 spiro atoms. The van der Waals surface area contributed by atoms with Crippen molar-refractivity contribution in [1.82, 2.24) is 19.5 Å². The predicted molar refractivity (Wildman–Crippen MR) is 88.8 cm³/mol. The maximum Gasteiger partial charge on any atom is 0.469 e. The van der Waals surface area contributed by atoms with Gasteiger partial charge in [-0.25, -0.2) is 24.1 Å². The summed E-state index contributed by atoms with van der Waals surface area (Å²) in [7, 11) is -9.54. The number of phosphoric ester groups is 2. The zero-order chi connectivity index (χ0) is 19.6. The summed E-state index contributed by atoms with van der Waals surface area (Å²) in [6, 6.07) is 0. The molecule has 0 bridgehead atoms. The van der Waals surface area contributed by atoms with Gasteiger partial charge in [0.25, 0.3) is 0 Å². The Morgan fingerprint density at radius 2 is 1.93 bits per heavy atom. The lowest BCUT2D eigenvalue weighted by molar-refractivity contribution is 0.0594. The van der Waals surface area contributed by atoms with Gasteiger partial charge in [-0.05, 0) is 18.8 Å². The van der Waals surface area contributed by atoms with Crippen LogP contribution < -0.4 is 5.73 Å². The summed E-state index contributed by atoms with van der Waals surface area (Å²) < 4.78 is 33.6. The SMILES string of the molecule is Nc1ncnc2c1ncn2[C@@]12C[C@H](OP(=O)(O)O)[C@@H](COP(=O)(O)O)[C@@H]1C2. The second-order valence-corrected chi connectivity index (χ2v) is 9.18. The van der Waals surface area contributed by atoms with Crippen LogP contribution in [0.15, 0.2) is 12.7 Å². The molecule has 0 aliphatic heterocycles. The van der Waals surface area contributed by atoms with Crippen LogP contribution in [-0.2, 0) is 23.7 Å². The van der Waals surface area contributed by atoms with Gasteiger partial charge in [0.05, 0.1) is 24.6 Å². The largest absolute Gasteiger partial charge is 0.469 e. The van der Waals surface area contributed by atoms with Crippen LogP contribution in [0.1, 0.15) is 12.8 Å². The Morgan fingerprint density at radius 1 is 1.19 bits per heavy atom. The maximum atomic E-state index is 11.3. The van der Waals surface area contributed by atoms with Crippen molar-refractivity contribution in [3.63, 3.8) is 0 Å². The molecule has 27 heavy (non-hydrogen) atoms. The zero-order valence-electron chi connectivity index (χ0n) is 13.7. The first kappa shape index (κ1) is 18.9. The van der Waals surface area contributed by atoms with Crippen molar-refractivity contribution in [3.8, 4) is 0 Å². The molecule has 0 unspecified atom stereocenters. The first-order valence-electron chi connectivity index (χ1n) is 7.88. The molecule has 2 saturated carbocycles. The summed E-state index contributed by atoms with van der Waals surface area (Å²) >= 11 is 0. The Bertz CT molecular complexity index is 987. The van der Waals surface area contributed by atoms with E-state index in [4.69, 9.17) is 20.0 Å². The van der Waals surface area contributed by atoms with Crippen LogP contribution in [0.4, 0.5) is 5.82 Å². The lowest BCUT2D eigenvalue weighted by Crippen LogP contribution is -2.25. The molecule has 2 aliphatic rings. The molecule has 2 heterocycles. The molecule has 2 aromatic heterocycles. The lowest BCUT2D eigenvalue weighted by atomic mass is 10.0. The minimum Gasteiger partial charge on any atom is -0.382 e. The number of nitrogen functional groups attached to an aromatic ring is 1. The Labute approximate surface area is 152 Å². The number of phosphoric acid groups is 2. The number of aromatic nitrogens is 4. The van der Waals surface area contributed by atoms with Crippen LogP contribution in [0, 0.1) is 11.8 Å². The predicted octanol–water partition coefficient (Wildman–Crippen LogP) is -0.269. The average Bonchev–Trinajstić information content (AvgIpc) is 2.94. The molecule has 15 heteroatoms. The van der Waals surface area contributed by atoms with Crippen LogP contribution in [0.5, 0.6) is 0 Å². The molecule has 148 valence electrons. The van der Waals surface area contributed by atoms with Gasteiger partial charge in [-0.1, -0.05) is 0 Å². The van der Waals surface area contributed by atoms with Crippen molar-refractivity contribution < 1.29 is 37.8 Å².